The summed E-state index contributed by atoms with van der Waals surface area (Å²) in [5.41, 5.74) is 8.44. The van der Waals surface area contributed by atoms with Crippen LogP contribution < -0.4 is 10.3 Å². The molecule has 2 heterocycles. The minimum Gasteiger partial charge on any atom is -0.507 e. The lowest BCUT2D eigenvalue weighted by Gasteiger charge is -2.50. The molecule has 256 valence electrons. The number of phenols is 1. The third-order valence-electron chi connectivity index (χ3n) is 11.6. The number of allylic oxidation sites excluding steroid dienone is 2. The maximum absolute atomic E-state index is 15.3. The molecule has 4 aromatic rings. The Balaban J connectivity index is 1.32. The zero-order valence-electron chi connectivity index (χ0n) is 28.8. The molecule has 0 aromatic heterocycles. The molecular weight excluding hydrogens is 638 g/mol. The van der Waals surface area contributed by atoms with E-state index in [4.69, 9.17) is 0 Å². The van der Waals surface area contributed by atoms with Gasteiger partial charge in [0.1, 0.15) is 5.75 Å². The van der Waals surface area contributed by atoms with Crippen LogP contribution in [-0.4, -0.2) is 33.7 Å². The third-order valence-corrected chi connectivity index (χ3v) is 11.6. The molecule has 0 radical (unpaired) electrons. The fraction of sp³-hybridized carbons (Fsp3) is 0.256. The molecule has 1 saturated carbocycles. The SMILES string of the molecule is C=Cc1ccc(N2C(=O)C3CC=C4C(CC5C(=O)N(Nc6ccc(C)cc6)C(=O)C5(c5ccccc5)C4c4cc(C)c(O)c(C)c4)C3C2=O)cc1. The number of fused-ring (bicyclic) bond motifs is 4. The van der Waals surface area contributed by atoms with Gasteiger partial charge in [-0.15, -0.1) is 0 Å². The molecule has 8 rings (SSSR count). The van der Waals surface area contributed by atoms with Crippen LogP contribution in [0.4, 0.5) is 11.4 Å². The second kappa shape index (κ2) is 11.9. The second-order valence-corrected chi connectivity index (χ2v) is 14.4. The Morgan fingerprint density at radius 3 is 2.14 bits per heavy atom. The number of carbonyl (C=O) groups is 4. The minimum atomic E-state index is -1.37. The van der Waals surface area contributed by atoms with E-state index in [0.717, 1.165) is 22.3 Å². The van der Waals surface area contributed by atoms with E-state index in [0.29, 0.717) is 34.5 Å². The topological polar surface area (TPSA) is 107 Å². The summed E-state index contributed by atoms with van der Waals surface area (Å²) in [7, 11) is 0. The Morgan fingerprint density at radius 1 is 0.824 bits per heavy atom. The molecule has 0 bridgehead atoms. The zero-order valence-corrected chi connectivity index (χ0v) is 28.8. The summed E-state index contributed by atoms with van der Waals surface area (Å²) >= 11 is 0. The van der Waals surface area contributed by atoms with E-state index in [-0.39, 0.29) is 35.8 Å². The Bertz CT molecular complexity index is 2130. The van der Waals surface area contributed by atoms with Gasteiger partial charge in [0.2, 0.25) is 11.8 Å². The number of amides is 4. The molecular formula is C43H39N3O5. The van der Waals surface area contributed by atoms with Gasteiger partial charge in [-0.3, -0.25) is 29.5 Å². The number of phenolic OH excluding ortho intramolecular Hbond substituents is 1. The Labute approximate surface area is 297 Å². The van der Waals surface area contributed by atoms with E-state index >= 15 is 4.79 Å². The lowest BCUT2D eigenvalue weighted by Crippen LogP contribution is -2.53. The molecule has 6 atom stereocenters. The summed E-state index contributed by atoms with van der Waals surface area (Å²) in [6.07, 6.45) is 4.31. The summed E-state index contributed by atoms with van der Waals surface area (Å²) < 4.78 is 0. The molecule has 0 spiro atoms. The number of carbonyl (C=O) groups excluding carboxylic acids is 4. The van der Waals surface area contributed by atoms with Crippen molar-refractivity contribution in [3.8, 4) is 5.75 Å². The lowest BCUT2D eigenvalue weighted by molar-refractivity contribution is -0.138. The number of hydrazine groups is 1. The van der Waals surface area contributed by atoms with Crippen molar-refractivity contribution >= 4 is 41.1 Å². The number of hydrogen-bond donors (Lipinski definition) is 2. The monoisotopic (exact) mass is 677 g/mol. The fourth-order valence-electron chi connectivity index (χ4n) is 9.29. The molecule has 2 aliphatic heterocycles. The van der Waals surface area contributed by atoms with Gasteiger partial charge in [0.05, 0.1) is 34.5 Å². The molecule has 8 heteroatoms. The first kappa shape index (κ1) is 32.4. The number of imide groups is 2. The average molecular weight is 678 g/mol. The highest BCUT2D eigenvalue weighted by molar-refractivity contribution is 6.22. The van der Waals surface area contributed by atoms with Crippen molar-refractivity contribution in [1.82, 2.24) is 5.01 Å². The quantitative estimate of drug-likeness (QED) is 0.166. The Kier molecular flexibility index (Phi) is 7.59. The fourth-order valence-corrected chi connectivity index (χ4v) is 9.29. The summed E-state index contributed by atoms with van der Waals surface area (Å²) in [5, 5.41) is 12.0. The molecule has 4 aromatic carbocycles. The maximum Gasteiger partial charge on any atom is 0.260 e. The van der Waals surface area contributed by atoms with E-state index in [1.807, 2.05) is 99.6 Å². The van der Waals surface area contributed by atoms with E-state index < -0.39 is 35.0 Å². The highest BCUT2D eigenvalue weighted by Gasteiger charge is 2.70. The van der Waals surface area contributed by atoms with Crippen LogP contribution in [0.2, 0.25) is 0 Å². The molecule has 4 amide bonds. The second-order valence-electron chi connectivity index (χ2n) is 14.4. The number of rotatable bonds is 6. The summed E-state index contributed by atoms with van der Waals surface area (Å²) in [6.45, 7) is 9.43. The normalized spacial score (nSPS) is 26.8. The van der Waals surface area contributed by atoms with Crippen molar-refractivity contribution in [1.29, 1.82) is 0 Å². The molecule has 3 fully saturated rings. The minimum absolute atomic E-state index is 0.167. The summed E-state index contributed by atoms with van der Waals surface area (Å²) in [6, 6.07) is 27.9. The van der Waals surface area contributed by atoms with E-state index in [1.54, 1.807) is 18.2 Å². The highest BCUT2D eigenvalue weighted by Crippen LogP contribution is 2.64. The van der Waals surface area contributed by atoms with Crippen LogP contribution in [0, 0.1) is 44.4 Å². The van der Waals surface area contributed by atoms with E-state index in [1.165, 1.54) is 9.91 Å². The van der Waals surface area contributed by atoms with Crippen molar-refractivity contribution in [2.24, 2.45) is 23.7 Å². The van der Waals surface area contributed by atoms with Crippen LogP contribution in [0.25, 0.3) is 6.08 Å². The van der Waals surface area contributed by atoms with E-state index in [9.17, 15) is 19.5 Å². The van der Waals surface area contributed by atoms with Gasteiger partial charge < -0.3 is 5.11 Å². The number of benzene rings is 4. The zero-order chi connectivity index (χ0) is 35.8. The van der Waals surface area contributed by atoms with Gasteiger partial charge in [0.25, 0.3) is 11.8 Å². The molecule has 51 heavy (non-hydrogen) atoms. The van der Waals surface area contributed by atoms with Gasteiger partial charge in [-0.2, -0.15) is 5.01 Å². The predicted octanol–water partition coefficient (Wildman–Crippen LogP) is 7.15. The molecule has 4 aliphatic rings. The van der Waals surface area contributed by atoms with Crippen LogP contribution >= 0.6 is 0 Å². The smallest absolute Gasteiger partial charge is 0.260 e. The molecule has 2 saturated heterocycles. The Hall–Kier alpha value is -5.76. The number of hydrogen-bond acceptors (Lipinski definition) is 6. The number of anilines is 2. The first-order valence-electron chi connectivity index (χ1n) is 17.4. The first-order chi connectivity index (χ1) is 24.6. The van der Waals surface area contributed by atoms with Crippen LogP contribution in [-0.2, 0) is 24.6 Å². The third kappa shape index (κ3) is 4.73. The van der Waals surface area contributed by atoms with E-state index in [2.05, 4.69) is 18.1 Å². The van der Waals surface area contributed by atoms with Crippen molar-refractivity contribution in [3.63, 3.8) is 0 Å². The number of aromatic hydroxyl groups is 1. The molecule has 2 aliphatic carbocycles. The predicted molar refractivity (Wildman–Crippen MR) is 195 cm³/mol. The van der Waals surface area contributed by atoms with Crippen molar-refractivity contribution in [3.05, 3.63) is 143 Å². The summed E-state index contributed by atoms with van der Waals surface area (Å²) in [4.78, 5) is 60.0. The number of aryl methyl sites for hydroxylation is 3. The largest absolute Gasteiger partial charge is 0.507 e. The average Bonchev–Trinajstić information content (AvgIpc) is 3.52. The van der Waals surface area contributed by atoms with Gasteiger partial charge >= 0.3 is 0 Å². The van der Waals surface area contributed by atoms with Crippen LogP contribution in [0.5, 0.6) is 5.75 Å². The van der Waals surface area contributed by atoms with Gasteiger partial charge in [-0.05, 0) is 91.6 Å². The Morgan fingerprint density at radius 2 is 1.49 bits per heavy atom. The standard InChI is InChI=1S/C43H39N3O5/c1-5-27-13-17-31(18-14-27)45-39(48)33-20-19-32-34(36(33)41(45)50)23-35-40(49)46(44-30-15-11-24(2)12-16-30)42(51)43(35,29-9-7-6-8-10-29)37(32)28-21-25(3)38(47)26(4)22-28/h5-19,21-22,33-37,44,47H,1,20,23H2,2-4H3. The summed E-state index contributed by atoms with van der Waals surface area (Å²) in [5.74, 6) is -4.41. The van der Waals surface area contributed by atoms with Gasteiger partial charge in [-0.1, -0.05) is 96.6 Å². The van der Waals surface area contributed by atoms with Crippen LogP contribution in [0.3, 0.4) is 0 Å². The maximum atomic E-state index is 15.3. The highest BCUT2D eigenvalue weighted by atomic mass is 16.3. The van der Waals surface area contributed by atoms with Gasteiger partial charge in [0.15, 0.2) is 0 Å². The van der Waals surface area contributed by atoms with Crippen LogP contribution in [0.15, 0.2) is 109 Å². The van der Waals surface area contributed by atoms with Crippen molar-refractivity contribution < 1.29 is 24.3 Å². The van der Waals surface area contributed by atoms with Gasteiger partial charge in [0, 0.05) is 5.92 Å². The van der Waals surface area contributed by atoms with Gasteiger partial charge in [-0.25, -0.2) is 0 Å². The number of nitrogens with one attached hydrogen (secondary N) is 1. The molecule has 6 unspecified atom stereocenters. The molecule has 8 nitrogen and oxygen atoms in total. The van der Waals surface area contributed by atoms with Crippen molar-refractivity contribution in [2.45, 2.75) is 44.9 Å². The van der Waals surface area contributed by atoms with Crippen LogP contribution in [0.1, 0.15) is 52.1 Å². The lowest BCUT2D eigenvalue weighted by atomic mass is 9.49. The first-order valence-corrected chi connectivity index (χ1v) is 17.4. The van der Waals surface area contributed by atoms with Crippen molar-refractivity contribution in [2.75, 3.05) is 10.3 Å². The molecule has 2 N–H and O–H groups in total. The number of nitrogens with zero attached hydrogens (tertiary/aromatic N) is 2.